The molecular formula is C37H58O12. The molecule has 6 N–H and O–H groups in total. The highest BCUT2D eigenvalue weighted by Crippen LogP contribution is 2.89. The molecule has 12 nitrogen and oxygen atoms in total. The van der Waals surface area contributed by atoms with Crippen molar-refractivity contribution < 1.29 is 59.2 Å². The van der Waals surface area contributed by atoms with E-state index in [4.69, 9.17) is 18.9 Å². The third kappa shape index (κ3) is 4.48. The van der Waals surface area contributed by atoms with Crippen molar-refractivity contribution in [3.8, 4) is 0 Å². The molecule has 12 heteroatoms. The number of carbonyl (C=O) groups excluding carboxylic acids is 2. The Morgan fingerprint density at radius 2 is 1.65 bits per heavy atom. The fourth-order valence-electron chi connectivity index (χ4n) is 13.5. The van der Waals surface area contributed by atoms with Crippen molar-refractivity contribution in [1.82, 2.24) is 0 Å². The molecule has 5 saturated carbocycles. The van der Waals surface area contributed by atoms with Crippen LogP contribution in [-0.4, -0.2) is 109 Å². The molecule has 5 aliphatic carbocycles. The Labute approximate surface area is 288 Å². The van der Waals surface area contributed by atoms with Gasteiger partial charge in [0.25, 0.3) is 0 Å². The maximum atomic E-state index is 15.1. The summed E-state index contributed by atoms with van der Waals surface area (Å²) in [4.78, 5) is 27.9. The van der Waals surface area contributed by atoms with E-state index >= 15 is 4.79 Å². The molecule has 7 fully saturated rings. The number of Topliss-reactive ketones (excluding diaryl/α,β-unsaturated/α-hetero) is 1. The fraction of sp³-hybridized carbons (Fsp3) is 0.946. The van der Waals surface area contributed by atoms with Crippen molar-refractivity contribution in [2.24, 2.45) is 50.7 Å². The Kier molecular flexibility index (Phi) is 8.05. The lowest BCUT2D eigenvalue weighted by atomic mass is 9.40. The number of ether oxygens (including phenoxy) is 4. The first-order chi connectivity index (χ1) is 22.5. The van der Waals surface area contributed by atoms with Crippen molar-refractivity contribution in [3.63, 3.8) is 0 Å². The first-order valence-electron chi connectivity index (χ1n) is 18.4. The summed E-state index contributed by atoms with van der Waals surface area (Å²) < 4.78 is 24.6. The molecule has 0 radical (unpaired) electrons. The van der Waals surface area contributed by atoms with Gasteiger partial charge in [0, 0.05) is 23.7 Å². The van der Waals surface area contributed by atoms with Crippen LogP contribution in [0, 0.1) is 50.7 Å². The second kappa shape index (κ2) is 10.9. The van der Waals surface area contributed by atoms with Crippen molar-refractivity contribution in [1.29, 1.82) is 0 Å². The molecule has 7 aliphatic rings. The van der Waals surface area contributed by atoms with Gasteiger partial charge in [-0.1, -0.05) is 34.6 Å². The molecule has 7 rings (SSSR count). The number of aliphatic hydroxyl groups excluding tert-OH is 4. The predicted octanol–water partition coefficient (Wildman–Crippen LogP) is 1.83. The van der Waals surface area contributed by atoms with Gasteiger partial charge in [-0.05, 0) is 92.8 Å². The van der Waals surface area contributed by atoms with Gasteiger partial charge < -0.3 is 49.6 Å². The summed E-state index contributed by atoms with van der Waals surface area (Å²) in [7, 11) is 0. The van der Waals surface area contributed by atoms with E-state index in [0.717, 1.165) is 19.3 Å². The second-order valence-electron chi connectivity index (χ2n) is 18.7. The van der Waals surface area contributed by atoms with Gasteiger partial charge in [0.05, 0.1) is 24.4 Å². The molecule has 49 heavy (non-hydrogen) atoms. The number of hydrogen-bond acceptors (Lipinski definition) is 12. The summed E-state index contributed by atoms with van der Waals surface area (Å²) in [5.74, 6) is -4.02. The van der Waals surface area contributed by atoms with Gasteiger partial charge >= 0.3 is 5.97 Å². The minimum absolute atomic E-state index is 0.114. The summed E-state index contributed by atoms with van der Waals surface area (Å²) in [6.07, 6.45) is -3.53. The Hall–Kier alpha value is -1.22. The lowest BCUT2D eigenvalue weighted by molar-refractivity contribution is -0.311. The summed E-state index contributed by atoms with van der Waals surface area (Å²) in [5.41, 5.74) is -4.46. The van der Waals surface area contributed by atoms with Gasteiger partial charge in [-0.3, -0.25) is 9.59 Å². The second-order valence-corrected chi connectivity index (χ2v) is 18.7. The summed E-state index contributed by atoms with van der Waals surface area (Å²) in [5, 5.41) is 65.1. The topological polar surface area (TPSA) is 192 Å². The van der Waals surface area contributed by atoms with Crippen molar-refractivity contribution in [2.75, 3.05) is 6.61 Å². The van der Waals surface area contributed by atoms with Crippen LogP contribution in [0.15, 0.2) is 0 Å². The van der Waals surface area contributed by atoms with E-state index in [0.29, 0.717) is 25.7 Å². The molecular weight excluding hydrogens is 636 g/mol. The van der Waals surface area contributed by atoms with Crippen LogP contribution in [0.2, 0.25) is 0 Å². The predicted molar refractivity (Wildman–Crippen MR) is 172 cm³/mol. The smallest absolute Gasteiger partial charge is 0.302 e. The van der Waals surface area contributed by atoms with Crippen LogP contribution in [0.25, 0.3) is 0 Å². The Morgan fingerprint density at radius 1 is 1.00 bits per heavy atom. The van der Waals surface area contributed by atoms with Crippen LogP contribution in [0.5, 0.6) is 0 Å². The largest absolute Gasteiger partial charge is 0.462 e. The molecule has 2 saturated heterocycles. The van der Waals surface area contributed by atoms with Crippen molar-refractivity contribution in [3.05, 3.63) is 0 Å². The van der Waals surface area contributed by atoms with E-state index in [1.54, 1.807) is 0 Å². The molecule has 2 spiro atoms. The summed E-state index contributed by atoms with van der Waals surface area (Å²) >= 11 is 0. The van der Waals surface area contributed by atoms with Gasteiger partial charge in [-0.25, -0.2) is 0 Å². The number of fused-ring (bicyclic) bond motifs is 4. The maximum Gasteiger partial charge on any atom is 0.302 e. The zero-order chi connectivity index (χ0) is 36.1. The van der Waals surface area contributed by atoms with Gasteiger partial charge in [0.1, 0.15) is 30.5 Å². The normalized spacial score (nSPS) is 55.2. The standard InChI is InChI=1S/C37H58O12/c1-17-13-20(28(42)32(5,6)44)49-37(45)27(17)34(8)24(47-18(2)38)14-36-16-35(36)12-11-23(48-29-26(41)25(40)19(39)15-46-29)31(3,4)21(35)9-10-22(36)33(34,7)30(37)43/h17,19-29,39-42,44-45H,9-16H2,1-8H3/t17-,19-,20+,21+,22-,23+,24-,25+,26-,27-,28+,29+,33-,34-,35-,36+,37-/m1/s1. The molecule has 0 bridgehead atoms. The maximum absolute atomic E-state index is 15.1. The van der Waals surface area contributed by atoms with E-state index in [-0.39, 0.29) is 46.7 Å². The van der Waals surface area contributed by atoms with Crippen LogP contribution in [0.3, 0.4) is 0 Å². The number of esters is 1. The minimum Gasteiger partial charge on any atom is -0.462 e. The number of aliphatic hydroxyl groups is 6. The number of rotatable bonds is 5. The quantitative estimate of drug-likeness (QED) is 0.181. The van der Waals surface area contributed by atoms with E-state index < -0.39 is 82.8 Å². The Bertz CT molecular complexity index is 1380. The summed E-state index contributed by atoms with van der Waals surface area (Å²) in [6, 6.07) is 0. The average Bonchev–Trinajstić information content (AvgIpc) is 3.63. The molecule has 0 unspecified atom stereocenters. The molecule has 0 aromatic carbocycles. The van der Waals surface area contributed by atoms with Gasteiger partial charge in [0.2, 0.25) is 5.79 Å². The van der Waals surface area contributed by atoms with Crippen LogP contribution in [0.1, 0.15) is 100 Å². The Morgan fingerprint density at radius 3 is 2.29 bits per heavy atom. The molecule has 0 aromatic heterocycles. The lowest BCUT2D eigenvalue weighted by Gasteiger charge is -2.64. The summed E-state index contributed by atoms with van der Waals surface area (Å²) in [6.45, 7) is 14.5. The first-order valence-corrected chi connectivity index (χ1v) is 18.4. The fourth-order valence-corrected chi connectivity index (χ4v) is 13.5. The third-order valence-corrected chi connectivity index (χ3v) is 15.7. The third-order valence-electron chi connectivity index (χ3n) is 15.7. The van der Waals surface area contributed by atoms with Gasteiger partial charge in [-0.15, -0.1) is 0 Å². The van der Waals surface area contributed by atoms with Crippen molar-refractivity contribution >= 4 is 11.8 Å². The molecule has 2 aliphatic heterocycles. The molecule has 2 heterocycles. The molecule has 278 valence electrons. The monoisotopic (exact) mass is 694 g/mol. The Balaban J connectivity index is 1.24. The zero-order valence-electron chi connectivity index (χ0n) is 30.2. The van der Waals surface area contributed by atoms with Gasteiger partial charge in [0.15, 0.2) is 12.1 Å². The van der Waals surface area contributed by atoms with Crippen molar-refractivity contribution in [2.45, 2.75) is 161 Å². The van der Waals surface area contributed by atoms with Crippen LogP contribution in [0.4, 0.5) is 0 Å². The SMILES string of the molecule is CC(=O)O[C@@H]1C[C@@]23C[C@@]24CC[C@H](O[C@@H]2OC[C@@H](O)[C@H](O)[C@H]2O)C(C)(C)[C@@H]4CC[C@@H]3[C@]2(C)C(=O)[C@]3(O)O[C@H]([C@H](O)C(C)(C)O)C[C@@H](C)[C@@H]3[C@@]12C. The number of hydrogen-bond donors (Lipinski definition) is 6. The zero-order valence-corrected chi connectivity index (χ0v) is 30.2. The number of ketones is 1. The minimum atomic E-state index is -2.23. The highest BCUT2D eigenvalue weighted by molar-refractivity contribution is 5.96. The van der Waals surface area contributed by atoms with E-state index in [9.17, 15) is 35.4 Å². The highest BCUT2D eigenvalue weighted by Gasteiger charge is 2.89. The molecule has 0 amide bonds. The number of carbonyl (C=O) groups is 2. The van der Waals surface area contributed by atoms with E-state index in [2.05, 4.69) is 13.8 Å². The first kappa shape index (κ1) is 36.2. The van der Waals surface area contributed by atoms with Crippen LogP contribution < -0.4 is 0 Å². The van der Waals surface area contributed by atoms with E-state index in [1.807, 2.05) is 20.8 Å². The highest BCUT2D eigenvalue weighted by atomic mass is 16.7. The average molecular weight is 695 g/mol. The van der Waals surface area contributed by atoms with E-state index in [1.165, 1.54) is 20.8 Å². The van der Waals surface area contributed by atoms with Crippen LogP contribution in [-0.2, 0) is 28.5 Å². The molecule has 17 atom stereocenters. The van der Waals surface area contributed by atoms with Gasteiger partial charge in [-0.2, -0.15) is 0 Å². The lowest BCUT2D eigenvalue weighted by Crippen LogP contribution is -2.65. The molecule has 0 aromatic rings. The van der Waals surface area contributed by atoms with Crippen LogP contribution >= 0.6 is 0 Å².